The zero-order chi connectivity index (χ0) is 16.0. The van der Waals surface area contributed by atoms with Gasteiger partial charge in [-0.3, -0.25) is 9.69 Å². The molecule has 0 fully saturated rings. The summed E-state index contributed by atoms with van der Waals surface area (Å²) < 4.78 is 39.9. The van der Waals surface area contributed by atoms with Crippen LogP contribution in [0.15, 0.2) is 24.3 Å². The minimum Gasteiger partial charge on any atom is -0.481 e. The van der Waals surface area contributed by atoms with Gasteiger partial charge in [0.25, 0.3) is 0 Å². The van der Waals surface area contributed by atoms with Crippen molar-refractivity contribution in [2.45, 2.75) is 39.2 Å². The lowest BCUT2D eigenvalue weighted by molar-refractivity contribution is -0.274. The molecular weight excluding hydrogens is 287 g/mol. The summed E-state index contributed by atoms with van der Waals surface area (Å²) in [6.07, 6.45) is -4.68. The van der Waals surface area contributed by atoms with Gasteiger partial charge in [0.15, 0.2) is 0 Å². The summed E-state index contributed by atoms with van der Waals surface area (Å²) in [5.41, 5.74) is 0.795. The molecular formula is C14H18F3NO3. The first kappa shape index (κ1) is 17.3. The average Bonchev–Trinajstić information content (AvgIpc) is 2.34. The predicted molar refractivity (Wildman–Crippen MR) is 70.9 cm³/mol. The van der Waals surface area contributed by atoms with Gasteiger partial charge in [0.1, 0.15) is 5.75 Å². The molecule has 0 atom stereocenters. The zero-order valence-corrected chi connectivity index (χ0v) is 11.9. The Morgan fingerprint density at radius 2 is 1.86 bits per heavy atom. The van der Waals surface area contributed by atoms with Gasteiger partial charge in [0.05, 0.1) is 6.42 Å². The summed E-state index contributed by atoms with van der Waals surface area (Å²) in [7, 11) is 0. The number of ether oxygens (including phenoxy) is 1. The van der Waals surface area contributed by atoms with Gasteiger partial charge in [-0.05, 0) is 31.5 Å². The van der Waals surface area contributed by atoms with Crippen molar-refractivity contribution in [3.8, 4) is 5.75 Å². The van der Waals surface area contributed by atoms with Gasteiger partial charge in [-0.15, -0.1) is 13.2 Å². The normalized spacial score (nSPS) is 12.0. The summed E-state index contributed by atoms with van der Waals surface area (Å²) in [6.45, 7) is 4.72. The minimum absolute atomic E-state index is 0.0213. The van der Waals surface area contributed by atoms with E-state index >= 15 is 0 Å². The first-order valence-corrected chi connectivity index (χ1v) is 6.48. The lowest BCUT2D eigenvalue weighted by atomic mass is 10.1. The van der Waals surface area contributed by atoms with Gasteiger partial charge in [-0.25, -0.2) is 0 Å². The van der Waals surface area contributed by atoms with Gasteiger partial charge in [-0.1, -0.05) is 12.1 Å². The molecule has 21 heavy (non-hydrogen) atoms. The molecule has 0 heterocycles. The van der Waals surface area contributed by atoms with Gasteiger partial charge in [0, 0.05) is 19.1 Å². The molecule has 0 unspecified atom stereocenters. The van der Waals surface area contributed by atoms with Crippen LogP contribution < -0.4 is 4.74 Å². The van der Waals surface area contributed by atoms with E-state index in [0.717, 1.165) is 5.56 Å². The number of hydrogen-bond donors (Lipinski definition) is 1. The van der Waals surface area contributed by atoms with Crippen LogP contribution in [0.1, 0.15) is 25.8 Å². The molecule has 118 valence electrons. The fourth-order valence-corrected chi connectivity index (χ4v) is 1.79. The molecule has 0 spiro atoms. The Balaban J connectivity index is 2.65. The number of carboxylic acids is 1. The number of rotatable bonds is 7. The summed E-state index contributed by atoms with van der Waals surface area (Å²) >= 11 is 0. The number of carboxylic acid groups (broad SMARTS) is 1. The molecule has 0 saturated heterocycles. The van der Waals surface area contributed by atoms with Crippen LogP contribution in [0, 0.1) is 0 Å². The smallest absolute Gasteiger partial charge is 0.481 e. The molecule has 0 aliphatic rings. The number of halogens is 3. The first-order valence-electron chi connectivity index (χ1n) is 6.48. The molecule has 7 heteroatoms. The number of hydrogen-bond acceptors (Lipinski definition) is 3. The molecule has 4 nitrogen and oxygen atoms in total. The minimum atomic E-state index is -4.70. The fraction of sp³-hybridized carbons (Fsp3) is 0.500. The fourth-order valence-electron chi connectivity index (χ4n) is 1.79. The SMILES string of the molecule is CC(C)N(CCC(=O)O)Cc1ccc(OC(F)(F)F)cc1. The standard InChI is InChI=1S/C14H18F3NO3/c1-10(2)18(8-7-13(19)20)9-11-3-5-12(6-4-11)21-14(15,16)17/h3-6,10H,7-9H2,1-2H3,(H,19,20). The molecule has 1 aromatic rings. The van der Waals surface area contributed by atoms with E-state index in [1.807, 2.05) is 18.7 Å². The Hall–Kier alpha value is -1.76. The van der Waals surface area contributed by atoms with E-state index in [1.54, 1.807) is 0 Å². The maximum atomic E-state index is 12.0. The number of aliphatic carboxylic acids is 1. The maximum Gasteiger partial charge on any atom is 0.573 e. The Morgan fingerprint density at radius 3 is 2.29 bits per heavy atom. The third-order valence-corrected chi connectivity index (χ3v) is 2.89. The Morgan fingerprint density at radius 1 is 1.29 bits per heavy atom. The predicted octanol–water partition coefficient (Wildman–Crippen LogP) is 3.27. The van der Waals surface area contributed by atoms with Crippen molar-refractivity contribution in [3.63, 3.8) is 0 Å². The van der Waals surface area contributed by atoms with Crippen molar-refractivity contribution < 1.29 is 27.8 Å². The van der Waals surface area contributed by atoms with Crippen LogP contribution in [0.25, 0.3) is 0 Å². The van der Waals surface area contributed by atoms with Crippen LogP contribution >= 0.6 is 0 Å². The number of benzene rings is 1. The highest BCUT2D eigenvalue weighted by atomic mass is 19.4. The van der Waals surface area contributed by atoms with Crippen LogP contribution in [0.2, 0.25) is 0 Å². The van der Waals surface area contributed by atoms with E-state index in [-0.39, 0.29) is 18.2 Å². The quantitative estimate of drug-likeness (QED) is 0.840. The van der Waals surface area contributed by atoms with E-state index in [1.165, 1.54) is 24.3 Å². The topological polar surface area (TPSA) is 49.8 Å². The summed E-state index contributed by atoms with van der Waals surface area (Å²) in [4.78, 5) is 12.5. The van der Waals surface area contributed by atoms with E-state index in [0.29, 0.717) is 13.1 Å². The molecule has 0 aliphatic heterocycles. The van der Waals surface area contributed by atoms with Crippen LogP contribution in [-0.4, -0.2) is 34.9 Å². The molecule has 1 N–H and O–H groups in total. The molecule has 1 rings (SSSR count). The Kier molecular flexibility index (Phi) is 6.02. The largest absolute Gasteiger partial charge is 0.573 e. The zero-order valence-electron chi connectivity index (χ0n) is 11.9. The Bertz CT molecular complexity index is 458. The Labute approximate surface area is 121 Å². The number of nitrogens with zero attached hydrogens (tertiary/aromatic N) is 1. The van der Waals surface area contributed by atoms with E-state index < -0.39 is 12.3 Å². The highest BCUT2D eigenvalue weighted by molar-refractivity contribution is 5.66. The molecule has 0 bridgehead atoms. The van der Waals surface area contributed by atoms with Crippen molar-refractivity contribution in [2.24, 2.45) is 0 Å². The van der Waals surface area contributed by atoms with Crippen molar-refractivity contribution in [1.29, 1.82) is 0 Å². The second-order valence-corrected chi connectivity index (χ2v) is 4.90. The summed E-state index contributed by atoms with van der Waals surface area (Å²) in [6, 6.07) is 5.71. The van der Waals surface area contributed by atoms with Gasteiger partial charge in [0.2, 0.25) is 0 Å². The lowest BCUT2D eigenvalue weighted by Crippen LogP contribution is -2.32. The summed E-state index contributed by atoms with van der Waals surface area (Å²) in [5, 5.41) is 8.71. The molecule has 0 amide bonds. The first-order chi connectivity index (χ1) is 9.67. The van der Waals surface area contributed by atoms with Crippen molar-refractivity contribution >= 4 is 5.97 Å². The van der Waals surface area contributed by atoms with E-state index in [4.69, 9.17) is 5.11 Å². The second kappa shape index (κ2) is 7.31. The molecule has 0 saturated carbocycles. The van der Waals surface area contributed by atoms with E-state index in [9.17, 15) is 18.0 Å². The summed E-state index contributed by atoms with van der Waals surface area (Å²) in [5.74, 6) is -1.15. The van der Waals surface area contributed by atoms with Crippen LogP contribution in [0.3, 0.4) is 0 Å². The number of alkyl halides is 3. The molecule has 0 radical (unpaired) electrons. The van der Waals surface area contributed by atoms with Crippen LogP contribution in [0.5, 0.6) is 5.75 Å². The van der Waals surface area contributed by atoms with Gasteiger partial charge >= 0.3 is 12.3 Å². The monoisotopic (exact) mass is 305 g/mol. The molecule has 0 aromatic heterocycles. The average molecular weight is 305 g/mol. The highest BCUT2D eigenvalue weighted by Crippen LogP contribution is 2.23. The third-order valence-electron chi connectivity index (χ3n) is 2.89. The molecule has 1 aromatic carbocycles. The lowest BCUT2D eigenvalue weighted by Gasteiger charge is -2.25. The van der Waals surface area contributed by atoms with E-state index in [2.05, 4.69) is 4.74 Å². The maximum absolute atomic E-state index is 12.0. The number of carbonyl (C=O) groups is 1. The van der Waals surface area contributed by atoms with Gasteiger partial charge < -0.3 is 9.84 Å². The second-order valence-electron chi connectivity index (χ2n) is 4.90. The highest BCUT2D eigenvalue weighted by Gasteiger charge is 2.30. The van der Waals surface area contributed by atoms with Crippen molar-refractivity contribution in [1.82, 2.24) is 4.90 Å². The molecule has 0 aliphatic carbocycles. The van der Waals surface area contributed by atoms with Crippen LogP contribution in [0.4, 0.5) is 13.2 Å². The third kappa shape index (κ3) is 6.99. The van der Waals surface area contributed by atoms with Crippen molar-refractivity contribution in [3.05, 3.63) is 29.8 Å². The van der Waals surface area contributed by atoms with Gasteiger partial charge in [-0.2, -0.15) is 0 Å². The van der Waals surface area contributed by atoms with Crippen molar-refractivity contribution in [2.75, 3.05) is 6.54 Å². The van der Waals surface area contributed by atoms with Crippen LogP contribution in [-0.2, 0) is 11.3 Å².